The van der Waals surface area contributed by atoms with Gasteiger partial charge in [-0.3, -0.25) is 4.79 Å². The summed E-state index contributed by atoms with van der Waals surface area (Å²) < 4.78 is 0. The topological polar surface area (TPSA) is 37.3 Å². The van der Waals surface area contributed by atoms with Crippen molar-refractivity contribution in [2.45, 2.75) is 31.6 Å². The second-order valence-electron chi connectivity index (χ2n) is 5.71. The van der Waals surface area contributed by atoms with Crippen LogP contribution in [-0.2, 0) is 23.1 Å². The Balaban J connectivity index is 2.05. The van der Waals surface area contributed by atoms with Gasteiger partial charge in [0.25, 0.3) is 0 Å². The molecule has 1 atom stereocenters. The quantitative estimate of drug-likeness (QED) is 0.923. The van der Waals surface area contributed by atoms with Crippen molar-refractivity contribution in [1.29, 1.82) is 0 Å². The lowest BCUT2D eigenvalue weighted by molar-refractivity contribution is -0.143. The van der Waals surface area contributed by atoms with E-state index in [-0.39, 0.29) is 0 Å². The summed E-state index contributed by atoms with van der Waals surface area (Å²) in [6.45, 7) is 2.04. The van der Waals surface area contributed by atoms with Crippen LogP contribution in [0.2, 0.25) is 0 Å². The van der Waals surface area contributed by atoms with Gasteiger partial charge in [0.05, 0.1) is 5.41 Å². The fourth-order valence-electron chi connectivity index (χ4n) is 3.34. The summed E-state index contributed by atoms with van der Waals surface area (Å²) in [4.78, 5) is 12.0. The molecule has 0 bridgehead atoms. The molecule has 1 unspecified atom stereocenters. The van der Waals surface area contributed by atoms with Crippen molar-refractivity contribution in [3.63, 3.8) is 0 Å². The lowest BCUT2D eigenvalue weighted by atomic mass is 9.76. The summed E-state index contributed by atoms with van der Waals surface area (Å²) in [5.41, 5.74) is 3.69. The highest BCUT2D eigenvalue weighted by atomic mass is 16.4. The predicted molar refractivity (Wildman–Crippen MR) is 79.0 cm³/mol. The van der Waals surface area contributed by atoms with Crippen LogP contribution in [0.15, 0.2) is 48.5 Å². The molecule has 0 spiro atoms. The van der Waals surface area contributed by atoms with Crippen molar-refractivity contribution in [3.8, 4) is 0 Å². The van der Waals surface area contributed by atoms with Crippen LogP contribution in [0.4, 0.5) is 0 Å². The zero-order chi connectivity index (χ0) is 14.2. The first kappa shape index (κ1) is 12.9. The normalized spacial score (nSPS) is 20.6. The van der Waals surface area contributed by atoms with Gasteiger partial charge in [-0.15, -0.1) is 0 Å². The number of carboxylic acid groups (broad SMARTS) is 1. The molecular weight excluding hydrogens is 248 g/mol. The minimum absolute atomic E-state index is 0.570. The van der Waals surface area contributed by atoms with Crippen LogP contribution < -0.4 is 0 Å². The highest BCUT2D eigenvalue weighted by Crippen LogP contribution is 2.41. The average molecular weight is 266 g/mol. The third-order valence-corrected chi connectivity index (χ3v) is 4.35. The summed E-state index contributed by atoms with van der Waals surface area (Å²) in [7, 11) is 0. The Labute approximate surface area is 119 Å². The Morgan fingerprint density at radius 2 is 2.00 bits per heavy atom. The van der Waals surface area contributed by atoms with E-state index in [9.17, 15) is 9.90 Å². The number of hydrogen-bond donors (Lipinski definition) is 1. The van der Waals surface area contributed by atoms with Crippen LogP contribution in [-0.4, -0.2) is 11.1 Å². The summed E-state index contributed by atoms with van der Waals surface area (Å²) in [5.74, 6) is -0.705. The fraction of sp³-hybridized carbons (Fsp3) is 0.278. The first-order valence-electron chi connectivity index (χ1n) is 6.99. The molecule has 1 N–H and O–H groups in total. The molecule has 0 fully saturated rings. The third kappa shape index (κ3) is 2.01. The van der Waals surface area contributed by atoms with Gasteiger partial charge in [0.2, 0.25) is 0 Å². The smallest absolute Gasteiger partial charge is 0.314 e. The SMILES string of the molecule is Cc1cccc(CC2(C(=O)O)CCc3ccccc32)c1. The Bertz CT molecular complexity index is 660. The van der Waals surface area contributed by atoms with Crippen molar-refractivity contribution in [2.75, 3.05) is 0 Å². The van der Waals surface area contributed by atoms with E-state index in [4.69, 9.17) is 0 Å². The minimum Gasteiger partial charge on any atom is -0.481 e. The molecule has 2 aromatic rings. The summed E-state index contributed by atoms with van der Waals surface area (Å²) in [6, 6.07) is 16.1. The molecule has 3 rings (SSSR count). The first-order valence-corrected chi connectivity index (χ1v) is 6.99. The molecular formula is C18H18O2. The standard InChI is InChI=1S/C18H18O2/c1-13-5-4-6-14(11-13)12-18(17(19)20)10-9-15-7-2-3-8-16(15)18/h2-8,11H,9-10,12H2,1H3,(H,19,20). The fourth-order valence-corrected chi connectivity index (χ4v) is 3.34. The Morgan fingerprint density at radius 3 is 2.75 bits per heavy atom. The van der Waals surface area contributed by atoms with Crippen LogP contribution in [0.1, 0.15) is 28.7 Å². The zero-order valence-electron chi connectivity index (χ0n) is 11.6. The lowest BCUT2D eigenvalue weighted by Gasteiger charge is -2.26. The van der Waals surface area contributed by atoms with E-state index < -0.39 is 11.4 Å². The van der Waals surface area contributed by atoms with Gasteiger partial charge in [0, 0.05) is 0 Å². The maximum absolute atomic E-state index is 12.0. The molecule has 0 radical (unpaired) electrons. The third-order valence-electron chi connectivity index (χ3n) is 4.35. The maximum atomic E-state index is 12.0. The van der Waals surface area contributed by atoms with Gasteiger partial charge in [-0.05, 0) is 42.9 Å². The molecule has 1 aliphatic rings. The lowest BCUT2D eigenvalue weighted by Crippen LogP contribution is -2.35. The van der Waals surface area contributed by atoms with Gasteiger partial charge in [0.1, 0.15) is 0 Å². The van der Waals surface area contributed by atoms with E-state index in [1.165, 1.54) is 11.1 Å². The molecule has 0 saturated carbocycles. The molecule has 102 valence electrons. The van der Waals surface area contributed by atoms with E-state index in [1.54, 1.807) is 0 Å². The number of fused-ring (bicyclic) bond motifs is 1. The van der Waals surface area contributed by atoms with Gasteiger partial charge < -0.3 is 5.11 Å². The second kappa shape index (κ2) is 4.78. The van der Waals surface area contributed by atoms with E-state index in [2.05, 4.69) is 12.1 Å². The van der Waals surface area contributed by atoms with Crippen molar-refractivity contribution in [3.05, 3.63) is 70.8 Å². The molecule has 2 heteroatoms. The minimum atomic E-state index is -0.760. The summed E-state index contributed by atoms with van der Waals surface area (Å²) in [5, 5.41) is 9.84. The molecule has 0 aromatic heterocycles. The Hall–Kier alpha value is -2.09. The van der Waals surface area contributed by atoms with Gasteiger partial charge in [-0.2, -0.15) is 0 Å². The number of carboxylic acids is 1. The van der Waals surface area contributed by atoms with Crippen molar-refractivity contribution >= 4 is 5.97 Å². The highest BCUT2D eigenvalue weighted by molar-refractivity contribution is 5.83. The van der Waals surface area contributed by atoms with Crippen LogP contribution in [0.5, 0.6) is 0 Å². The maximum Gasteiger partial charge on any atom is 0.314 e. The first-order chi connectivity index (χ1) is 9.62. The molecule has 0 saturated heterocycles. The largest absolute Gasteiger partial charge is 0.481 e. The monoisotopic (exact) mass is 266 g/mol. The van der Waals surface area contributed by atoms with E-state index in [1.807, 2.05) is 43.3 Å². The Kier molecular flexibility index (Phi) is 3.09. The van der Waals surface area contributed by atoms with Crippen molar-refractivity contribution < 1.29 is 9.90 Å². The van der Waals surface area contributed by atoms with E-state index >= 15 is 0 Å². The number of hydrogen-bond acceptors (Lipinski definition) is 1. The molecule has 0 amide bonds. The van der Waals surface area contributed by atoms with Crippen LogP contribution in [0.3, 0.4) is 0 Å². The Morgan fingerprint density at radius 1 is 1.20 bits per heavy atom. The number of carbonyl (C=O) groups is 1. The van der Waals surface area contributed by atoms with Gasteiger partial charge in [-0.1, -0.05) is 54.1 Å². The van der Waals surface area contributed by atoms with E-state index in [0.29, 0.717) is 12.8 Å². The van der Waals surface area contributed by atoms with Crippen molar-refractivity contribution in [2.24, 2.45) is 0 Å². The van der Waals surface area contributed by atoms with Gasteiger partial charge in [-0.25, -0.2) is 0 Å². The molecule has 2 aromatic carbocycles. The molecule has 2 nitrogen and oxygen atoms in total. The van der Waals surface area contributed by atoms with Crippen LogP contribution >= 0.6 is 0 Å². The number of aliphatic carboxylic acids is 1. The molecule has 0 aliphatic heterocycles. The average Bonchev–Trinajstić information content (AvgIpc) is 2.79. The second-order valence-corrected chi connectivity index (χ2v) is 5.71. The zero-order valence-corrected chi connectivity index (χ0v) is 11.6. The van der Waals surface area contributed by atoms with Gasteiger partial charge in [0.15, 0.2) is 0 Å². The summed E-state index contributed by atoms with van der Waals surface area (Å²) in [6.07, 6.45) is 2.12. The summed E-state index contributed by atoms with van der Waals surface area (Å²) >= 11 is 0. The van der Waals surface area contributed by atoms with Gasteiger partial charge >= 0.3 is 5.97 Å². The van der Waals surface area contributed by atoms with Crippen molar-refractivity contribution in [1.82, 2.24) is 0 Å². The number of benzene rings is 2. The molecule has 20 heavy (non-hydrogen) atoms. The van der Waals surface area contributed by atoms with E-state index in [0.717, 1.165) is 17.5 Å². The highest BCUT2D eigenvalue weighted by Gasteiger charge is 2.45. The van der Waals surface area contributed by atoms with Crippen LogP contribution in [0.25, 0.3) is 0 Å². The van der Waals surface area contributed by atoms with Crippen LogP contribution in [0, 0.1) is 6.92 Å². The molecule has 0 heterocycles. The number of rotatable bonds is 3. The molecule has 1 aliphatic carbocycles. The number of aryl methyl sites for hydroxylation is 2. The predicted octanol–water partition coefficient (Wildman–Crippen LogP) is 3.51.